The van der Waals surface area contributed by atoms with Gasteiger partial charge in [-0.3, -0.25) is 0 Å². The Hall–Kier alpha value is -5.45. The Morgan fingerprint density at radius 1 is 0.419 bits per heavy atom. The van der Waals surface area contributed by atoms with Crippen LogP contribution in [-0.2, 0) is 0 Å². The lowest BCUT2D eigenvalue weighted by Crippen LogP contribution is -2.00. The Morgan fingerprint density at radius 3 is 1.81 bits per heavy atom. The van der Waals surface area contributed by atoms with E-state index in [1.807, 2.05) is 84.9 Å². The van der Waals surface area contributed by atoms with Gasteiger partial charge < -0.3 is 0 Å². The third-order valence-electron chi connectivity index (χ3n) is 6.88. The van der Waals surface area contributed by atoms with Crippen molar-refractivity contribution in [3.05, 3.63) is 151 Å². The quantitative estimate of drug-likeness (QED) is 0.204. The molecular weight excluding hydrogens is 543 g/mol. The van der Waals surface area contributed by atoms with Gasteiger partial charge in [-0.25, -0.2) is 15.0 Å². The molecule has 0 saturated carbocycles. The van der Waals surface area contributed by atoms with Crippen LogP contribution in [0.2, 0.25) is 0 Å². The normalized spacial score (nSPS) is 14.8. The van der Waals surface area contributed by atoms with Gasteiger partial charge in [0.25, 0.3) is 0 Å². The second-order valence-corrected chi connectivity index (χ2v) is 10.7. The average molecular weight is 579 g/mol. The van der Waals surface area contributed by atoms with Gasteiger partial charge in [0.05, 0.1) is 15.1 Å². The molecule has 8 rings (SSSR count). The fraction of sp³-hybridized carbons (Fsp3) is 0. The zero-order chi connectivity index (χ0) is 38.2. The molecule has 4 heteroatoms. The zero-order valence-electron chi connectivity index (χ0n) is 33.3. The number of nitrogens with zero attached hydrogens (tertiary/aromatic N) is 3. The summed E-state index contributed by atoms with van der Waals surface area (Å²) < 4.78 is 96.4. The van der Waals surface area contributed by atoms with Gasteiger partial charge >= 0.3 is 0 Å². The summed E-state index contributed by atoms with van der Waals surface area (Å²) in [6.07, 6.45) is 0. The molecule has 0 amide bonds. The van der Waals surface area contributed by atoms with Crippen LogP contribution in [0, 0.1) is 0 Å². The lowest BCUT2D eigenvalue weighted by Gasteiger charge is -2.10. The Balaban J connectivity index is 1.40. The van der Waals surface area contributed by atoms with E-state index in [2.05, 4.69) is 0 Å². The van der Waals surface area contributed by atoms with E-state index < -0.39 is 59.9 Å². The maximum atomic E-state index is 9.41. The minimum Gasteiger partial charge on any atom is -0.208 e. The third-order valence-corrected chi connectivity index (χ3v) is 7.90. The molecule has 8 aromatic rings. The van der Waals surface area contributed by atoms with Crippen LogP contribution in [0.25, 0.3) is 76.6 Å². The zero-order valence-corrected chi connectivity index (χ0v) is 23.1. The Kier molecular flexibility index (Phi) is 4.06. The van der Waals surface area contributed by atoms with Crippen molar-refractivity contribution in [3.8, 4) is 56.4 Å². The third kappa shape index (κ3) is 4.88. The predicted octanol–water partition coefficient (Wildman–Crippen LogP) is 10.6. The summed E-state index contributed by atoms with van der Waals surface area (Å²) in [5.74, 6) is 0.541. The molecule has 0 spiro atoms. The van der Waals surface area contributed by atoms with Crippen molar-refractivity contribution in [2.24, 2.45) is 0 Å². The molecule has 202 valence electrons. The maximum absolute atomic E-state index is 9.41. The molecule has 0 fully saturated rings. The number of thiophene rings is 1. The van der Waals surface area contributed by atoms with Crippen molar-refractivity contribution in [1.82, 2.24) is 15.0 Å². The first-order valence-electron chi connectivity index (χ1n) is 18.9. The van der Waals surface area contributed by atoms with Gasteiger partial charge in [-0.05, 0) is 46.4 Å². The summed E-state index contributed by atoms with van der Waals surface area (Å²) in [5, 5.41) is -0.00982. The highest BCUT2D eigenvalue weighted by molar-refractivity contribution is 7.25. The molecular formula is C39H25N3S. The number of hydrogen-bond donors (Lipinski definition) is 0. The number of aromatic nitrogens is 3. The van der Waals surface area contributed by atoms with Crippen LogP contribution in [0.3, 0.4) is 0 Å². The molecule has 0 saturated heterocycles. The van der Waals surface area contributed by atoms with Gasteiger partial charge in [-0.2, -0.15) is 0 Å². The maximum Gasteiger partial charge on any atom is 0.164 e. The van der Waals surface area contributed by atoms with E-state index >= 15 is 0 Å². The van der Waals surface area contributed by atoms with Gasteiger partial charge in [0.15, 0.2) is 17.5 Å². The summed E-state index contributed by atoms with van der Waals surface area (Å²) in [4.78, 5) is 14.3. The molecule has 2 heterocycles. The van der Waals surface area contributed by atoms with Gasteiger partial charge in [0.1, 0.15) is 0 Å². The minimum absolute atomic E-state index is 0.00833. The van der Waals surface area contributed by atoms with Crippen molar-refractivity contribution in [3.63, 3.8) is 0 Å². The summed E-state index contributed by atoms with van der Waals surface area (Å²) in [5.41, 5.74) is 2.40. The van der Waals surface area contributed by atoms with Crippen molar-refractivity contribution in [2.45, 2.75) is 0 Å². The summed E-state index contributed by atoms with van der Waals surface area (Å²) in [6.45, 7) is 0. The van der Waals surface area contributed by atoms with Crippen LogP contribution in [0.5, 0.6) is 0 Å². The van der Waals surface area contributed by atoms with Crippen LogP contribution >= 0.6 is 11.3 Å². The van der Waals surface area contributed by atoms with E-state index in [-0.39, 0.29) is 60.9 Å². The molecule has 43 heavy (non-hydrogen) atoms. The molecule has 0 unspecified atom stereocenters. The Labute approximate surface area is 269 Å². The fourth-order valence-corrected chi connectivity index (χ4v) is 5.77. The second-order valence-electron chi connectivity index (χ2n) is 9.63. The average Bonchev–Trinajstić information content (AvgIpc) is 3.61. The molecule has 0 N–H and O–H groups in total. The first-order chi connectivity index (χ1) is 25.9. The van der Waals surface area contributed by atoms with Gasteiger partial charge in [-0.1, -0.05) is 127 Å². The lowest BCUT2D eigenvalue weighted by atomic mass is 10.0. The van der Waals surface area contributed by atoms with Crippen molar-refractivity contribution < 1.29 is 15.1 Å². The lowest BCUT2D eigenvalue weighted by molar-refractivity contribution is 1.07. The number of rotatable bonds is 5. The highest BCUT2D eigenvalue weighted by Crippen LogP contribution is 2.38. The van der Waals surface area contributed by atoms with Crippen LogP contribution in [0.15, 0.2) is 151 Å². The van der Waals surface area contributed by atoms with Crippen LogP contribution in [0.1, 0.15) is 15.1 Å². The molecule has 6 aromatic carbocycles. The van der Waals surface area contributed by atoms with E-state index in [1.165, 1.54) is 0 Å². The number of benzene rings is 6. The molecule has 0 atom stereocenters. The van der Waals surface area contributed by atoms with E-state index in [4.69, 9.17) is 24.5 Å². The van der Waals surface area contributed by atoms with Crippen LogP contribution in [0.4, 0.5) is 0 Å². The van der Waals surface area contributed by atoms with Crippen LogP contribution in [-0.4, -0.2) is 15.0 Å². The molecule has 0 aliphatic rings. The smallest absolute Gasteiger partial charge is 0.164 e. The molecule has 0 aliphatic heterocycles. The van der Waals surface area contributed by atoms with Crippen molar-refractivity contribution in [2.75, 3.05) is 0 Å². The van der Waals surface area contributed by atoms with Crippen molar-refractivity contribution in [1.29, 1.82) is 0 Å². The second kappa shape index (κ2) is 10.8. The predicted molar refractivity (Wildman–Crippen MR) is 180 cm³/mol. The van der Waals surface area contributed by atoms with E-state index in [9.17, 15) is 5.48 Å². The number of hydrogen-bond acceptors (Lipinski definition) is 4. The van der Waals surface area contributed by atoms with Gasteiger partial charge in [0.2, 0.25) is 0 Å². The van der Waals surface area contributed by atoms with E-state index in [1.54, 1.807) is 0 Å². The first kappa shape index (κ1) is 16.3. The van der Waals surface area contributed by atoms with Crippen LogP contribution < -0.4 is 0 Å². The van der Waals surface area contributed by atoms with Crippen molar-refractivity contribution >= 4 is 31.5 Å². The monoisotopic (exact) mass is 578 g/mol. The van der Waals surface area contributed by atoms with E-state index in [0.717, 1.165) is 22.5 Å². The summed E-state index contributed by atoms with van der Waals surface area (Å²) in [7, 11) is 0. The Bertz CT molecular complexity index is 2820. The molecule has 0 aliphatic carbocycles. The fourth-order valence-electron chi connectivity index (χ4n) is 4.80. The number of fused-ring (bicyclic) bond motifs is 3. The molecule has 0 bridgehead atoms. The summed E-state index contributed by atoms with van der Waals surface area (Å²) >= 11 is 0.909. The highest BCUT2D eigenvalue weighted by Gasteiger charge is 2.15. The van der Waals surface area contributed by atoms with Gasteiger partial charge in [0, 0.05) is 36.9 Å². The standard InChI is InChI=1S/C39H25N3S/c1-4-11-26(12-5-1)29-17-10-18-31(23-29)38-40-37(28-15-8-3-9-16-28)41-39(42-38)32-19-21-33-34-24-30(27-13-6-2-7-14-27)20-22-35(34)43-36(33)25-32/h1-25H/i2D,6D,7D,13D,14D,19D,20D,21D,22D,24D,25D. The molecule has 3 nitrogen and oxygen atoms in total. The Morgan fingerprint density at radius 2 is 1.05 bits per heavy atom. The molecule has 0 radical (unpaired) electrons. The topological polar surface area (TPSA) is 38.7 Å². The largest absolute Gasteiger partial charge is 0.208 e. The summed E-state index contributed by atoms with van der Waals surface area (Å²) in [6, 6.07) is 21.0. The van der Waals surface area contributed by atoms with Gasteiger partial charge in [-0.15, -0.1) is 11.3 Å². The highest BCUT2D eigenvalue weighted by atomic mass is 32.1. The SMILES string of the molecule is [2H]c1c([2H])c([2H])c(-c2c([2H])c([2H])c3sc4c([2H])c(-c5nc(-c6ccccc6)nc(-c6cccc(-c7ccccc7)c6)n5)c([2H])c([2H])c4c3c2[2H])c([2H])c1[2H]. The first-order valence-corrected chi connectivity index (χ1v) is 14.2. The minimum atomic E-state index is -0.655. The van der Waals surface area contributed by atoms with E-state index in [0.29, 0.717) is 11.1 Å². The molecule has 2 aromatic heterocycles.